The molecular weight excluding hydrogens is 110 g/mol. The molecule has 7 heavy (non-hydrogen) atoms. The Kier molecular flexibility index (Phi) is 1.15. The first kappa shape index (κ1) is 4.84. The third kappa shape index (κ3) is 0.825. The lowest BCUT2D eigenvalue weighted by Gasteiger charge is -1.85. The van der Waals surface area contributed by atoms with E-state index in [2.05, 4.69) is 4.40 Å². The normalized spacial score (nSPS) is 29.3. The fourth-order valence-electron chi connectivity index (χ4n) is 0.318. The van der Waals surface area contributed by atoms with Crippen molar-refractivity contribution in [3.8, 4) is 0 Å². The van der Waals surface area contributed by atoms with Crippen LogP contribution in [0.3, 0.4) is 0 Å². The number of carbonyl (C=O) groups is 1. The van der Waals surface area contributed by atoms with Gasteiger partial charge in [-0.1, -0.05) is 0 Å². The summed E-state index contributed by atoms with van der Waals surface area (Å²) < 4.78 is 3.69. The summed E-state index contributed by atoms with van der Waals surface area (Å²) >= 11 is 1.04. The van der Waals surface area contributed by atoms with Crippen LogP contribution in [0, 0.1) is 5.92 Å². The summed E-state index contributed by atoms with van der Waals surface area (Å²) in [5.41, 5.74) is 0. The van der Waals surface area contributed by atoms with Crippen LogP contribution in [0.15, 0.2) is 4.40 Å². The summed E-state index contributed by atoms with van der Waals surface area (Å²) in [5, 5.41) is 0.153. The van der Waals surface area contributed by atoms with Gasteiger partial charge in [0, 0.05) is 18.2 Å². The van der Waals surface area contributed by atoms with Crippen LogP contribution in [-0.2, 0) is 4.79 Å². The van der Waals surface area contributed by atoms with Gasteiger partial charge in [0.15, 0.2) is 0 Å². The summed E-state index contributed by atoms with van der Waals surface area (Å²) in [6.45, 7) is 1.84. The predicted molar refractivity (Wildman–Crippen MR) is 30.3 cm³/mol. The smallest absolute Gasteiger partial charge is 0.219 e. The van der Waals surface area contributed by atoms with Crippen molar-refractivity contribution in [2.24, 2.45) is 10.3 Å². The van der Waals surface area contributed by atoms with E-state index in [1.54, 1.807) is 6.21 Å². The topological polar surface area (TPSA) is 29.4 Å². The first-order valence-electron chi connectivity index (χ1n) is 2.05. The Morgan fingerprint density at radius 2 is 2.71 bits per heavy atom. The van der Waals surface area contributed by atoms with Crippen LogP contribution in [0.25, 0.3) is 0 Å². The van der Waals surface area contributed by atoms with Crippen molar-refractivity contribution >= 4 is 23.3 Å². The van der Waals surface area contributed by atoms with E-state index >= 15 is 0 Å². The molecule has 1 aliphatic heterocycles. The zero-order valence-electron chi connectivity index (χ0n) is 3.92. The van der Waals surface area contributed by atoms with Crippen LogP contribution in [-0.4, -0.2) is 11.3 Å². The summed E-state index contributed by atoms with van der Waals surface area (Å²) in [4.78, 5) is 10.4. The number of nitrogens with zero attached hydrogens (tertiary/aromatic N) is 1. The predicted octanol–water partition coefficient (Wildman–Crippen LogP) is 0.882. The minimum absolute atomic E-state index is 0.0463. The lowest BCUT2D eigenvalue weighted by molar-refractivity contribution is -0.112. The molecule has 2 nitrogen and oxygen atoms in total. The number of hydrogen-bond donors (Lipinski definition) is 0. The van der Waals surface area contributed by atoms with Gasteiger partial charge in [-0.3, -0.25) is 4.79 Å². The van der Waals surface area contributed by atoms with Gasteiger partial charge in [0.25, 0.3) is 0 Å². The highest BCUT2D eigenvalue weighted by molar-refractivity contribution is 8.13. The third-order valence-electron chi connectivity index (χ3n) is 0.799. The minimum Gasteiger partial charge on any atom is -0.285 e. The fraction of sp³-hybridized carbons (Fsp3) is 0.500. The molecule has 0 bridgehead atoms. The van der Waals surface area contributed by atoms with E-state index in [1.807, 2.05) is 6.92 Å². The van der Waals surface area contributed by atoms with Gasteiger partial charge in [0.1, 0.15) is 0 Å². The van der Waals surface area contributed by atoms with Crippen molar-refractivity contribution in [3.05, 3.63) is 0 Å². The van der Waals surface area contributed by atoms with E-state index in [1.165, 1.54) is 0 Å². The maximum atomic E-state index is 10.4. The summed E-state index contributed by atoms with van der Waals surface area (Å²) in [6, 6.07) is 0. The molecule has 3 heteroatoms. The molecule has 0 saturated carbocycles. The van der Waals surface area contributed by atoms with Gasteiger partial charge in [0.2, 0.25) is 5.12 Å². The number of rotatable bonds is 0. The van der Waals surface area contributed by atoms with Gasteiger partial charge in [-0.05, 0) is 6.92 Å². The molecule has 0 N–H and O–H groups in total. The molecule has 0 fully saturated rings. The van der Waals surface area contributed by atoms with Crippen LogP contribution in [0.2, 0.25) is 0 Å². The van der Waals surface area contributed by atoms with Crippen LogP contribution in [0.1, 0.15) is 6.92 Å². The fourth-order valence-corrected chi connectivity index (χ4v) is 0.892. The first-order valence-corrected chi connectivity index (χ1v) is 2.82. The number of carbonyl (C=O) groups excluding carboxylic acids is 1. The summed E-state index contributed by atoms with van der Waals surface area (Å²) in [5.74, 6) is 0.0463. The molecule has 0 aliphatic carbocycles. The Labute approximate surface area is 46.1 Å². The lowest BCUT2D eigenvalue weighted by atomic mass is 10.2. The molecule has 38 valence electrons. The molecule has 0 saturated heterocycles. The molecule has 1 rings (SSSR count). The molecule has 0 amide bonds. The van der Waals surface area contributed by atoms with Gasteiger partial charge in [0.05, 0.1) is 5.92 Å². The minimum atomic E-state index is 0.0463. The maximum Gasteiger partial charge on any atom is 0.219 e. The molecule has 1 atom stereocenters. The molecule has 1 unspecified atom stereocenters. The van der Waals surface area contributed by atoms with E-state index in [0.717, 1.165) is 11.9 Å². The number of hydrogen-bond acceptors (Lipinski definition) is 3. The highest BCUT2D eigenvalue weighted by atomic mass is 32.2. The molecule has 0 aromatic carbocycles. The van der Waals surface area contributed by atoms with E-state index < -0.39 is 0 Å². The Bertz CT molecular complexity index is 121. The van der Waals surface area contributed by atoms with Crippen LogP contribution in [0.5, 0.6) is 0 Å². The average molecular weight is 115 g/mol. The Morgan fingerprint density at radius 1 is 2.00 bits per heavy atom. The van der Waals surface area contributed by atoms with Gasteiger partial charge in [-0.15, -0.1) is 0 Å². The zero-order valence-corrected chi connectivity index (χ0v) is 4.73. The van der Waals surface area contributed by atoms with E-state index in [4.69, 9.17) is 0 Å². The van der Waals surface area contributed by atoms with Crippen LogP contribution < -0.4 is 0 Å². The van der Waals surface area contributed by atoms with E-state index in [0.29, 0.717) is 0 Å². The van der Waals surface area contributed by atoms with Crippen molar-refractivity contribution in [1.29, 1.82) is 0 Å². The second kappa shape index (κ2) is 1.66. The van der Waals surface area contributed by atoms with Gasteiger partial charge < -0.3 is 0 Å². The second-order valence-electron chi connectivity index (χ2n) is 1.45. The average Bonchev–Trinajstić information content (AvgIpc) is 1.91. The maximum absolute atomic E-state index is 10.4. The highest BCUT2D eigenvalue weighted by Gasteiger charge is 2.15. The molecule has 0 radical (unpaired) electrons. The van der Waals surface area contributed by atoms with E-state index in [9.17, 15) is 4.79 Å². The van der Waals surface area contributed by atoms with Crippen molar-refractivity contribution in [2.75, 3.05) is 0 Å². The molecular formula is C4H5NOS. The van der Waals surface area contributed by atoms with Crippen LogP contribution in [0.4, 0.5) is 0 Å². The van der Waals surface area contributed by atoms with Crippen LogP contribution >= 0.6 is 11.9 Å². The quantitative estimate of drug-likeness (QED) is 0.438. The lowest BCUT2D eigenvalue weighted by Crippen LogP contribution is -1.99. The zero-order chi connectivity index (χ0) is 5.28. The Morgan fingerprint density at radius 3 is 2.86 bits per heavy atom. The molecule has 0 aromatic heterocycles. The first-order chi connectivity index (χ1) is 3.30. The van der Waals surface area contributed by atoms with Gasteiger partial charge in [-0.2, -0.15) is 0 Å². The SMILES string of the molecule is CC1C=NSC1=O. The Hall–Kier alpha value is -0.310. The summed E-state index contributed by atoms with van der Waals surface area (Å²) in [6.07, 6.45) is 1.66. The molecule has 1 heterocycles. The molecule has 1 aliphatic rings. The van der Waals surface area contributed by atoms with Gasteiger partial charge in [-0.25, -0.2) is 4.40 Å². The van der Waals surface area contributed by atoms with Gasteiger partial charge >= 0.3 is 0 Å². The molecule has 0 spiro atoms. The monoisotopic (exact) mass is 115 g/mol. The van der Waals surface area contributed by atoms with Crippen molar-refractivity contribution in [1.82, 2.24) is 0 Å². The highest BCUT2D eigenvalue weighted by Crippen LogP contribution is 2.16. The van der Waals surface area contributed by atoms with E-state index in [-0.39, 0.29) is 11.0 Å². The second-order valence-corrected chi connectivity index (χ2v) is 2.25. The molecule has 0 aromatic rings. The third-order valence-corrected chi connectivity index (χ3v) is 1.58. The van der Waals surface area contributed by atoms with Crippen molar-refractivity contribution < 1.29 is 4.79 Å². The largest absolute Gasteiger partial charge is 0.285 e. The van der Waals surface area contributed by atoms with Crippen molar-refractivity contribution in [3.63, 3.8) is 0 Å². The summed E-state index contributed by atoms with van der Waals surface area (Å²) in [7, 11) is 0. The Balaban J connectivity index is 2.62. The standard InChI is InChI=1S/C4H5NOS/c1-3-2-5-7-4(3)6/h2-3H,1H3. The van der Waals surface area contributed by atoms with Crippen molar-refractivity contribution in [2.45, 2.75) is 6.92 Å².